The maximum Gasteiger partial charge on any atom is 0.258 e. The fourth-order valence-electron chi connectivity index (χ4n) is 1.87. The Labute approximate surface area is 92.3 Å². The monoisotopic (exact) mass is 216 g/mol. The Morgan fingerprint density at radius 3 is 2.94 bits per heavy atom. The van der Waals surface area contributed by atoms with Crippen molar-refractivity contribution in [3.8, 4) is 5.75 Å². The minimum atomic E-state index is -0.0780. The number of hydrogen-bond acceptors (Lipinski definition) is 3. The Morgan fingerprint density at radius 2 is 2.25 bits per heavy atom. The van der Waals surface area contributed by atoms with Crippen LogP contribution in [0, 0.1) is 0 Å². The summed E-state index contributed by atoms with van der Waals surface area (Å²) >= 11 is 0. The fourth-order valence-corrected chi connectivity index (χ4v) is 1.87. The molecule has 1 aliphatic rings. The lowest BCUT2D eigenvalue weighted by Gasteiger charge is -2.05. The lowest BCUT2D eigenvalue weighted by atomic mass is 10.2. The molecule has 82 valence electrons. The van der Waals surface area contributed by atoms with Crippen molar-refractivity contribution in [3.05, 3.63) is 34.4 Å². The van der Waals surface area contributed by atoms with Crippen molar-refractivity contribution in [3.63, 3.8) is 0 Å². The SMILES string of the molecule is COc1cccc2c(=O)[nH]c(C3CC3)nc12. The number of nitrogens with zero attached hydrogens (tertiary/aromatic N) is 1. The highest BCUT2D eigenvalue weighted by Crippen LogP contribution is 2.38. The van der Waals surface area contributed by atoms with E-state index in [1.807, 2.05) is 6.07 Å². The van der Waals surface area contributed by atoms with E-state index >= 15 is 0 Å². The number of fused-ring (bicyclic) bond motifs is 1. The van der Waals surface area contributed by atoms with Gasteiger partial charge in [-0.3, -0.25) is 4.79 Å². The van der Waals surface area contributed by atoms with E-state index in [0.29, 0.717) is 22.6 Å². The molecule has 3 rings (SSSR count). The van der Waals surface area contributed by atoms with E-state index in [-0.39, 0.29) is 5.56 Å². The third-order valence-electron chi connectivity index (χ3n) is 2.90. The van der Waals surface area contributed by atoms with Gasteiger partial charge in [-0.1, -0.05) is 6.07 Å². The van der Waals surface area contributed by atoms with Gasteiger partial charge in [-0.05, 0) is 25.0 Å². The predicted molar refractivity (Wildman–Crippen MR) is 60.9 cm³/mol. The minimum absolute atomic E-state index is 0.0780. The summed E-state index contributed by atoms with van der Waals surface area (Å²) in [5.41, 5.74) is 0.585. The van der Waals surface area contributed by atoms with Crippen LogP contribution in [0.1, 0.15) is 24.6 Å². The first-order valence-electron chi connectivity index (χ1n) is 5.36. The molecule has 1 N–H and O–H groups in total. The van der Waals surface area contributed by atoms with E-state index in [4.69, 9.17) is 4.74 Å². The second-order valence-electron chi connectivity index (χ2n) is 4.08. The normalized spacial score (nSPS) is 15.3. The summed E-state index contributed by atoms with van der Waals surface area (Å²) < 4.78 is 5.22. The summed E-state index contributed by atoms with van der Waals surface area (Å²) in [5.74, 6) is 1.88. The molecule has 0 amide bonds. The number of H-pyrrole nitrogens is 1. The molecule has 1 aromatic heterocycles. The number of rotatable bonds is 2. The molecular weight excluding hydrogens is 204 g/mol. The van der Waals surface area contributed by atoms with Crippen LogP contribution in [0.2, 0.25) is 0 Å². The standard InChI is InChI=1S/C12H12N2O2/c1-16-9-4-2-3-8-10(9)13-11(7-5-6-7)14-12(8)15/h2-4,7H,5-6H2,1H3,(H,13,14,15). The zero-order chi connectivity index (χ0) is 11.1. The van der Waals surface area contributed by atoms with Crippen LogP contribution < -0.4 is 10.3 Å². The highest BCUT2D eigenvalue weighted by atomic mass is 16.5. The van der Waals surface area contributed by atoms with Crippen molar-refractivity contribution >= 4 is 10.9 Å². The van der Waals surface area contributed by atoms with E-state index in [1.165, 1.54) is 0 Å². The van der Waals surface area contributed by atoms with E-state index < -0.39 is 0 Å². The zero-order valence-electron chi connectivity index (χ0n) is 8.99. The smallest absolute Gasteiger partial charge is 0.258 e. The van der Waals surface area contributed by atoms with Gasteiger partial charge in [0.15, 0.2) is 0 Å². The maximum atomic E-state index is 11.8. The molecule has 0 aliphatic heterocycles. The molecule has 2 aromatic rings. The van der Waals surface area contributed by atoms with Gasteiger partial charge in [0, 0.05) is 5.92 Å². The molecule has 1 aromatic carbocycles. The quantitative estimate of drug-likeness (QED) is 0.832. The van der Waals surface area contributed by atoms with Gasteiger partial charge in [0.1, 0.15) is 17.1 Å². The fraction of sp³-hybridized carbons (Fsp3) is 0.333. The summed E-state index contributed by atoms with van der Waals surface area (Å²) in [6.45, 7) is 0. The third kappa shape index (κ3) is 1.38. The van der Waals surface area contributed by atoms with Gasteiger partial charge in [0.05, 0.1) is 12.5 Å². The van der Waals surface area contributed by atoms with Crippen molar-refractivity contribution in [1.29, 1.82) is 0 Å². The number of methoxy groups -OCH3 is 1. The van der Waals surface area contributed by atoms with E-state index in [2.05, 4.69) is 9.97 Å². The average molecular weight is 216 g/mol. The van der Waals surface area contributed by atoms with Gasteiger partial charge < -0.3 is 9.72 Å². The van der Waals surface area contributed by atoms with Crippen LogP contribution in [-0.4, -0.2) is 17.1 Å². The molecule has 1 fully saturated rings. The molecular formula is C12H12N2O2. The first kappa shape index (κ1) is 9.39. The lowest BCUT2D eigenvalue weighted by molar-refractivity contribution is 0.418. The molecule has 4 heteroatoms. The predicted octanol–water partition coefficient (Wildman–Crippen LogP) is 1.81. The summed E-state index contributed by atoms with van der Waals surface area (Å²) in [4.78, 5) is 19.2. The second-order valence-corrected chi connectivity index (χ2v) is 4.08. The molecule has 4 nitrogen and oxygen atoms in total. The minimum Gasteiger partial charge on any atom is -0.494 e. The first-order chi connectivity index (χ1) is 7.79. The highest BCUT2D eigenvalue weighted by molar-refractivity contribution is 5.83. The number of nitrogens with one attached hydrogen (secondary N) is 1. The summed E-state index contributed by atoms with van der Waals surface area (Å²) in [6, 6.07) is 5.39. The Balaban J connectivity index is 2.33. The Hall–Kier alpha value is -1.84. The Morgan fingerprint density at radius 1 is 1.44 bits per heavy atom. The molecule has 0 radical (unpaired) electrons. The Bertz CT molecular complexity index is 599. The van der Waals surface area contributed by atoms with Crippen LogP contribution in [0.15, 0.2) is 23.0 Å². The van der Waals surface area contributed by atoms with Crippen molar-refractivity contribution in [2.45, 2.75) is 18.8 Å². The number of para-hydroxylation sites is 1. The Kier molecular flexibility index (Phi) is 1.96. The van der Waals surface area contributed by atoms with Crippen LogP contribution in [0.3, 0.4) is 0 Å². The van der Waals surface area contributed by atoms with Crippen molar-refractivity contribution in [2.75, 3.05) is 7.11 Å². The largest absolute Gasteiger partial charge is 0.494 e. The number of aromatic nitrogens is 2. The molecule has 0 bridgehead atoms. The topological polar surface area (TPSA) is 55.0 Å². The van der Waals surface area contributed by atoms with Crippen LogP contribution in [-0.2, 0) is 0 Å². The summed E-state index contributed by atoms with van der Waals surface area (Å²) in [6.07, 6.45) is 2.23. The molecule has 1 saturated carbocycles. The van der Waals surface area contributed by atoms with Crippen molar-refractivity contribution in [1.82, 2.24) is 9.97 Å². The molecule has 1 heterocycles. The molecule has 0 unspecified atom stereocenters. The number of ether oxygens (including phenoxy) is 1. The third-order valence-corrected chi connectivity index (χ3v) is 2.90. The first-order valence-corrected chi connectivity index (χ1v) is 5.36. The summed E-state index contributed by atoms with van der Waals surface area (Å²) in [5, 5.41) is 0.587. The van der Waals surface area contributed by atoms with Crippen LogP contribution in [0.5, 0.6) is 5.75 Å². The van der Waals surface area contributed by atoms with Crippen LogP contribution in [0.4, 0.5) is 0 Å². The van der Waals surface area contributed by atoms with Gasteiger partial charge in [-0.2, -0.15) is 0 Å². The molecule has 16 heavy (non-hydrogen) atoms. The van der Waals surface area contributed by atoms with Gasteiger partial charge in [-0.15, -0.1) is 0 Å². The number of benzene rings is 1. The van der Waals surface area contributed by atoms with Crippen molar-refractivity contribution < 1.29 is 4.74 Å². The van der Waals surface area contributed by atoms with Gasteiger partial charge in [-0.25, -0.2) is 4.98 Å². The van der Waals surface area contributed by atoms with Gasteiger partial charge in [0.25, 0.3) is 5.56 Å². The molecule has 0 atom stereocenters. The lowest BCUT2D eigenvalue weighted by Crippen LogP contribution is -2.11. The van der Waals surface area contributed by atoms with E-state index in [9.17, 15) is 4.79 Å². The van der Waals surface area contributed by atoms with E-state index in [0.717, 1.165) is 18.7 Å². The average Bonchev–Trinajstić information content (AvgIpc) is 3.12. The van der Waals surface area contributed by atoms with Gasteiger partial charge in [0.2, 0.25) is 0 Å². The number of hydrogen-bond donors (Lipinski definition) is 1. The van der Waals surface area contributed by atoms with E-state index in [1.54, 1.807) is 19.2 Å². The van der Waals surface area contributed by atoms with Crippen molar-refractivity contribution in [2.24, 2.45) is 0 Å². The number of aromatic amines is 1. The molecule has 0 saturated heterocycles. The molecule has 0 spiro atoms. The summed E-state index contributed by atoms with van der Waals surface area (Å²) in [7, 11) is 1.59. The zero-order valence-corrected chi connectivity index (χ0v) is 8.99. The maximum absolute atomic E-state index is 11.8. The molecule has 1 aliphatic carbocycles. The van der Waals surface area contributed by atoms with Crippen LogP contribution in [0.25, 0.3) is 10.9 Å². The van der Waals surface area contributed by atoms with Gasteiger partial charge >= 0.3 is 0 Å². The second kappa shape index (κ2) is 3.33. The van der Waals surface area contributed by atoms with Crippen LogP contribution >= 0.6 is 0 Å². The highest BCUT2D eigenvalue weighted by Gasteiger charge is 2.26.